The van der Waals surface area contributed by atoms with Gasteiger partial charge in [-0.25, -0.2) is 9.59 Å². The molecule has 2 aromatic rings. The highest BCUT2D eigenvalue weighted by Gasteiger charge is 2.27. The summed E-state index contributed by atoms with van der Waals surface area (Å²) in [5, 5.41) is 2.94. The van der Waals surface area contributed by atoms with Crippen LogP contribution in [0.25, 0.3) is 0 Å². The lowest BCUT2D eigenvalue weighted by atomic mass is 10.1. The average Bonchev–Trinajstić information content (AvgIpc) is 3.03. The van der Waals surface area contributed by atoms with Crippen molar-refractivity contribution in [3.05, 3.63) is 64.2 Å². The molecule has 1 aromatic heterocycles. The standard InChI is InChI=1S/C19H22N2O4/c1-14-11-17(12-18(22)24-14)25-16-8-10-21(13-16)19(23)20-9-7-15-5-3-2-4-6-15/h2-6,11-12,16H,7-10,13H2,1H3,(H,20,23)/t16-/m0/s1. The SMILES string of the molecule is Cc1cc(O[C@H]2CCN(C(=O)NCCc3ccccc3)C2)cc(=O)o1. The second-order valence-corrected chi connectivity index (χ2v) is 6.16. The number of benzene rings is 1. The molecule has 0 bridgehead atoms. The predicted octanol–water partition coefficient (Wildman–Crippen LogP) is 2.35. The number of amides is 2. The van der Waals surface area contributed by atoms with Gasteiger partial charge in [-0.05, 0) is 18.9 Å². The number of nitrogens with zero attached hydrogens (tertiary/aromatic N) is 1. The number of hydrogen-bond donors (Lipinski definition) is 1. The van der Waals surface area contributed by atoms with Gasteiger partial charge in [-0.1, -0.05) is 30.3 Å². The highest BCUT2D eigenvalue weighted by molar-refractivity contribution is 5.74. The van der Waals surface area contributed by atoms with Gasteiger partial charge in [0.1, 0.15) is 17.6 Å². The molecule has 2 amide bonds. The lowest BCUT2D eigenvalue weighted by Crippen LogP contribution is -2.40. The van der Waals surface area contributed by atoms with Crippen LogP contribution < -0.4 is 15.7 Å². The quantitative estimate of drug-likeness (QED) is 0.905. The van der Waals surface area contributed by atoms with Crippen LogP contribution in [0, 0.1) is 6.92 Å². The minimum atomic E-state index is -0.427. The summed E-state index contributed by atoms with van der Waals surface area (Å²) in [7, 11) is 0. The summed E-state index contributed by atoms with van der Waals surface area (Å²) in [4.78, 5) is 25.4. The highest BCUT2D eigenvalue weighted by atomic mass is 16.5. The van der Waals surface area contributed by atoms with Crippen molar-refractivity contribution < 1.29 is 13.9 Å². The minimum absolute atomic E-state index is 0.0780. The van der Waals surface area contributed by atoms with E-state index >= 15 is 0 Å². The molecule has 25 heavy (non-hydrogen) atoms. The summed E-state index contributed by atoms with van der Waals surface area (Å²) in [6.07, 6.45) is 1.44. The van der Waals surface area contributed by atoms with Crippen LogP contribution in [0.2, 0.25) is 0 Å². The van der Waals surface area contributed by atoms with Crippen molar-refractivity contribution in [1.82, 2.24) is 10.2 Å². The summed E-state index contributed by atoms with van der Waals surface area (Å²) in [6.45, 7) is 3.46. The van der Waals surface area contributed by atoms with Crippen LogP contribution in [0.3, 0.4) is 0 Å². The summed E-state index contributed by atoms with van der Waals surface area (Å²) in [5.41, 5.74) is 0.771. The number of urea groups is 1. The van der Waals surface area contributed by atoms with Crippen molar-refractivity contribution in [2.45, 2.75) is 25.9 Å². The lowest BCUT2D eigenvalue weighted by Gasteiger charge is -2.18. The first-order chi connectivity index (χ1) is 12.1. The Morgan fingerprint density at radius 1 is 1.32 bits per heavy atom. The molecular formula is C19H22N2O4. The number of nitrogens with one attached hydrogen (secondary N) is 1. The topological polar surface area (TPSA) is 71.8 Å². The summed E-state index contributed by atoms with van der Waals surface area (Å²) >= 11 is 0. The van der Waals surface area contributed by atoms with Gasteiger partial charge in [-0.2, -0.15) is 0 Å². The number of ether oxygens (including phenoxy) is 1. The first kappa shape index (κ1) is 17.1. The van der Waals surface area contributed by atoms with E-state index in [1.54, 1.807) is 17.9 Å². The maximum Gasteiger partial charge on any atom is 0.339 e. The van der Waals surface area contributed by atoms with Crippen LogP contribution in [0.4, 0.5) is 4.79 Å². The molecule has 1 aliphatic rings. The molecule has 1 atom stereocenters. The zero-order valence-electron chi connectivity index (χ0n) is 14.2. The summed E-state index contributed by atoms with van der Waals surface area (Å²) < 4.78 is 10.7. The fourth-order valence-corrected chi connectivity index (χ4v) is 2.92. The van der Waals surface area contributed by atoms with E-state index in [0.29, 0.717) is 31.1 Å². The van der Waals surface area contributed by atoms with Gasteiger partial charge in [0, 0.05) is 25.6 Å². The number of carbonyl (C=O) groups excluding carboxylic acids is 1. The van der Waals surface area contributed by atoms with Crippen molar-refractivity contribution in [2.24, 2.45) is 0 Å². The summed E-state index contributed by atoms with van der Waals surface area (Å²) in [5.74, 6) is 1.00. The monoisotopic (exact) mass is 342 g/mol. The first-order valence-corrected chi connectivity index (χ1v) is 8.45. The number of likely N-dealkylation sites (tertiary alicyclic amines) is 1. The molecule has 132 valence electrons. The Morgan fingerprint density at radius 2 is 2.12 bits per heavy atom. The van der Waals surface area contributed by atoms with Gasteiger partial charge in [-0.3, -0.25) is 0 Å². The number of rotatable bonds is 5. The Morgan fingerprint density at radius 3 is 2.88 bits per heavy atom. The van der Waals surface area contributed by atoms with Crippen LogP contribution in [0.15, 0.2) is 51.7 Å². The van der Waals surface area contributed by atoms with E-state index in [-0.39, 0.29) is 12.1 Å². The van der Waals surface area contributed by atoms with E-state index in [9.17, 15) is 9.59 Å². The van der Waals surface area contributed by atoms with E-state index in [4.69, 9.17) is 9.15 Å². The fourth-order valence-electron chi connectivity index (χ4n) is 2.92. The van der Waals surface area contributed by atoms with Crippen molar-refractivity contribution in [2.75, 3.05) is 19.6 Å². The van der Waals surface area contributed by atoms with Crippen LogP contribution >= 0.6 is 0 Å². The Bertz CT molecular complexity index is 772. The Kier molecular flexibility index (Phi) is 5.38. The maximum absolute atomic E-state index is 12.2. The van der Waals surface area contributed by atoms with E-state index in [1.807, 2.05) is 30.3 Å². The van der Waals surface area contributed by atoms with E-state index < -0.39 is 5.63 Å². The van der Waals surface area contributed by atoms with Gasteiger partial charge in [0.05, 0.1) is 12.6 Å². The third kappa shape index (κ3) is 4.86. The second-order valence-electron chi connectivity index (χ2n) is 6.16. The van der Waals surface area contributed by atoms with Crippen molar-refractivity contribution in [3.63, 3.8) is 0 Å². The smallest absolute Gasteiger partial charge is 0.339 e. The Hall–Kier alpha value is -2.76. The largest absolute Gasteiger partial charge is 0.488 e. The van der Waals surface area contributed by atoms with Crippen LogP contribution in [0.5, 0.6) is 5.75 Å². The maximum atomic E-state index is 12.2. The van der Waals surface area contributed by atoms with Crippen LogP contribution in [0.1, 0.15) is 17.7 Å². The van der Waals surface area contributed by atoms with E-state index in [2.05, 4.69) is 5.32 Å². The zero-order valence-corrected chi connectivity index (χ0v) is 14.2. The molecule has 0 aliphatic carbocycles. The average molecular weight is 342 g/mol. The van der Waals surface area contributed by atoms with Crippen molar-refractivity contribution in [3.8, 4) is 5.75 Å². The Balaban J connectivity index is 1.45. The zero-order chi connectivity index (χ0) is 17.6. The van der Waals surface area contributed by atoms with Gasteiger partial charge in [-0.15, -0.1) is 0 Å². The highest BCUT2D eigenvalue weighted by Crippen LogP contribution is 2.18. The Labute approximate surface area is 146 Å². The third-order valence-electron chi connectivity index (χ3n) is 4.13. The molecule has 1 N–H and O–H groups in total. The predicted molar refractivity (Wildman–Crippen MR) is 93.9 cm³/mol. The van der Waals surface area contributed by atoms with E-state index in [0.717, 1.165) is 12.8 Å². The first-order valence-electron chi connectivity index (χ1n) is 8.45. The molecule has 1 saturated heterocycles. The molecule has 1 aromatic carbocycles. The fraction of sp³-hybridized carbons (Fsp3) is 0.368. The molecule has 1 aliphatic heterocycles. The molecule has 1 fully saturated rings. The molecular weight excluding hydrogens is 320 g/mol. The van der Waals surface area contributed by atoms with Gasteiger partial charge in [0.25, 0.3) is 0 Å². The van der Waals surface area contributed by atoms with Gasteiger partial charge in [0.15, 0.2) is 0 Å². The molecule has 0 spiro atoms. The molecule has 3 rings (SSSR count). The lowest BCUT2D eigenvalue weighted by molar-refractivity contribution is 0.186. The number of hydrogen-bond acceptors (Lipinski definition) is 4. The van der Waals surface area contributed by atoms with Gasteiger partial charge >= 0.3 is 11.7 Å². The normalized spacial score (nSPS) is 16.7. The van der Waals surface area contributed by atoms with Gasteiger partial charge in [0.2, 0.25) is 0 Å². The molecule has 0 radical (unpaired) electrons. The van der Waals surface area contributed by atoms with Crippen LogP contribution in [-0.4, -0.2) is 36.7 Å². The summed E-state index contributed by atoms with van der Waals surface area (Å²) in [6, 6.07) is 13.0. The molecule has 0 unspecified atom stereocenters. The molecule has 6 nitrogen and oxygen atoms in total. The molecule has 2 heterocycles. The van der Waals surface area contributed by atoms with E-state index in [1.165, 1.54) is 11.6 Å². The van der Waals surface area contributed by atoms with Crippen molar-refractivity contribution >= 4 is 6.03 Å². The second kappa shape index (κ2) is 7.88. The molecule has 0 saturated carbocycles. The molecule has 6 heteroatoms. The number of aryl methyl sites for hydroxylation is 1. The van der Waals surface area contributed by atoms with Crippen LogP contribution in [-0.2, 0) is 6.42 Å². The number of carbonyl (C=O) groups is 1. The minimum Gasteiger partial charge on any atom is -0.488 e. The van der Waals surface area contributed by atoms with Crippen molar-refractivity contribution in [1.29, 1.82) is 0 Å². The van der Waals surface area contributed by atoms with Gasteiger partial charge < -0.3 is 19.4 Å². The third-order valence-corrected chi connectivity index (χ3v) is 4.13.